The molecule has 1 saturated heterocycles. The van der Waals surface area contributed by atoms with Crippen molar-refractivity contribution >= 4 is 5.91 Å². The number of hydrogen-bond acceptors (Lipinski definition) is 7. The number of nitrogens with zero attached hydrogens (tertiary/aromatic N) is 7. The molecule has 1 spiro atoms. The molecule has 4 atom stereocenters. The lowest BCUT2D eigenvalue weighted by atomic mass is 9.73. The van der Waals surface area contributed by atoms with Gasteiger partial charge in [-0.25, -0.2) is 4.98 Å². The van der Waals surface area contributed by atoms with E-state index in [2.05, 4.69) is 25.4 Å². The number of aromatic nitrogens is 6. The van der Waals surface area contributed by atoms with Crippen LogP contribution in [0.3, 0.4) is 0 Å². The van der Waals surface area contributed by atoms with E-state index in [1.807, 2.05) is 0 Å². The van der Waals surface area contributed by atoms with Gasteiger partial charge in [0.2, 0.25) is 5.88 Å². The van der Waals surface area contributed by atoms with Crippen molar-refractivity contribution in [1.29, 1.82) is 0 Å². The molecule has 3 aromatic rings. The maximum absolute atomic E-state index is 13.6. The summed E-state index contributed by atoms with van der Waals surface area (Å²) in [7, 11) is 0. The van der Waals surface area contributed by atoms with Gasteiger partial charge in [-0.05, 0) is 43.9 Å². The minimum absolute atomic E-state index is 0.00754. The number of piperidine rings is 1. The van der Waals surface area contributed by atoms with Crippen LogP contribution in [0.5, 0.6) is 5.88 Å². The smallest absolute Gasteiger partial charge is 0.435 e. The van der Waals surface area contributed by atoms with Gasteiger partial charge in [0.25, 0.3) is 5.91 Å². The topological polar surface area (TPSA) is 98.9 Å². The Morgan fingerprint density at radius 3 is 2.61 bits per heavy atom. The standard InChI is InChI=1S/C21H18F3N7O2/c1-11-2-3-13(31-25-6-7-26-31)17(27-11)19(32)30-10-12-8-20(12)9-14(18(20)30)33-16-5-4-15(28-29-16)21(22,23)24/h2-7,12,14,18H,8-10H2,1H3. The fraction of sp³-hybridized carbons (Fsp3) is 0.429. The highest BCUT2D eigenvalue weighted by Crippen LogP contribution is 2.71. The largest absolute Gasteiger partial charge is 0.471 e. The fourth-order valence-electron chi connectivity index (χ4n) is 5.29. The number of hydrogen-bond donors (Lipinski definition) is 0. The molecule has 33 heavy (non-hydrogen) atoms. The molecule has 0 bridgehead atoms. The Labute approximate surface area is 185 Å². The van der Waals surface area contributed by atoms with Gasteiger partial charge in [0.05, 0.1) is 18.4 Å². The first-order chi connectivity index (χ1) is 15.8. The summed E-state index contributed by atoms with van der Waals surface area (Å²) in [5.74, 6) is 0.157. The molecule has 3 fully saturated rings. The summed E-state index contributed by atoms with van der Waals surface area (Å²) < 4.78 is 44.1. The molecule has 3 aliphatic rings. The second-order valence-corrected chi connectivity index (χ2v) is 8.79. The van der Waals surface area contributed by atoms with Crippen molar-refractivity contribution in [2.45, 2.75) is 38.1 Å². The van der Waals surface area contributed by atoms with Gasteiger partial charge in [-0.15, -0.1) is 15.0 Å². The number of rotatable bonds is 4. The highest BCUT2D eigenvalue weighted by molar-refractivity contribution is 5.96. The van der Waals surface area contributed by atoms with Crippen molar-refractivity contribution < 1.29 is 22.7 Å². The van der Waals surface area contributed by atoms with Gasteiger partial charge in [0, 0.05) is 23.7 Å². The van der Waals surface area contributed by atoms with Crippen molar-refractivity contribution in [2.75, 3.05) is 6.54 Å². The number of alkyl halides is 3. The third kappa shape index (κ3) is 3.07. The average molecular weight is 457 g/mol. The van der Waals surface area contributed by atoms with Crippen LogP contribution < -0.4 is 4.74 Å². The molecule has 0 radical (unpaired) electrons. The van der Waals surface area contributed by atoms with Gasteiger partial charge in [0.15, 0.2) is 11.4 Å². The molecule has 2 aliphatic carbocycles. The van der Waals surface area contributed by atoms with Gasteiger partial charge < -0.3 is 9.64 Å². The maximum Gasteiger partial charge on any atom is 0.435 e. The summed E-state index contributed by atoms with van der Waals surface area (Å²) in [6, 6.07) is 5.36. The lowest BCUT2D eigenvalue weighted by Gasteiger charge is -2.46. The number of pyridine rings is 1. The van der Waals surface area contributed by atoms with E-state index >= 15 is 0 Å². The molecule has 1 amide bonds. The zero-order chi connectivity index (χ0) is 23.0. The Balaban J connectivity index is 1.26. The molecular formula is C21H18F3N7O2. The first-order valence-electron chi connectivity index (χ1n) is 10.5. The summed E-state index contributed by atoms with van der Waals surface area (Å²) in [6.07, 6.45) is -0.157. The highest BCUT2D eigenvalue weighted by atomic mass is 19.4. The Morgan fingerprint density at radius 2 is 1.91 bits per heavy atom. The van der Waals surface area contributed by atoms with Crippen LogP contribution in [0.4, 0.5) is 13.2 Å². The van der Waals surface area contributed by atoms with Gasteiger partial charge in [-0.3, -0.25) is 4.79 Å². The predicted octanol–water partition coefficient (Wildman–Crippen LogP) is 2.46. The van der Waals surface area contributed by atoms with E-state index in [0.29, 0.717) is 23.8 Å². The van der Waals surface area contributed by atoms with Gasteiger partial charge >= 0.3 is 6.18 Å². The Morgan fingerprint density at radius 1 is 1.12 bits per heavy atom. The van der Waals surface area contributed by atoms with Gasteiger partial charge in [-0.1, -0.05) is 0 Å². The van der Waals surface area contributed by atoms with Crippen LogP contribution in [0.25, 0.3) is 5.69 Å². The Bertz CT molecular complexity index is 1230. The second-order valence-electron chi connectivity index (χ2n) is 8.79. The van der Waals surface area contributed by atoms with E-state index in [9.17, 15) is 18.0 Å². The van der Waals surface area contributed by atoms with Crippen molar-refractivity contribution in [3.8, 4) is 11.6 Å². The number of carbonyl (C=O) groups excluding carboxylic acids is 1. The molecular weight excluding hydrogens is 439 g/mol. The molecule has 4 unspecified atom stereocenters. The van der Waals surface area contributed by atoms with Crippen LogP contribution in [0.2, 0.25) is 0 Å². The third-order valence-electron chi connectivity index (χ3n) is 6.87. The summed E-state index contributed by atoms with van der Waals surface area (Å²) in [5, 5.41) is 15.0. The van der Waals surface area contributed by atoms with E-state index in [1.165, 1.54) is 17.2 Å². The number of carbonyl (C=O) groups is 1. The van der Waals surface area contributed by atoms with Crippen LogP contribution in [0.1, 0.15) is 34.7 Å². The van der Waals surface area contributed by atoms with Crippen molar-refractivity contribution in [2.24, 2.45) is 11.3 Å². The normalized spacial score (nSPS) is 27.5. The number of aryl methyl sites for hydroxylation is 1. The van der Waals surface area contributed by atoms with Crippen LogP contribution in [-0.2, 0) is 6.18 Å². The zero-order valence-corrected chi connectivity index (χ0v) is 17.4. The molecule has 3 aromatic heterocycles. The van der Waals surface area contributed by atoms with Gasteiger partial charge in [0.1, 0.15) is 11.8 Å². The molecule has 1 aliphatic heterocycles. The van der Waals surface area contributed by atoms with E-state index in [4.69, 9.17) is 4.74 Å². The molecule has 0 N–H and O–H groups in total. The van der Waals surface area contributed by atoms with Gasteiger partial charge in [-0.2, -0.15) is 23.4 Å². The Hall–Kier alpha value is -3.57. The number of halogens is 3. The minimum Gasteiger partial charge on any atom is -0.471 e. The highest BCUT2D eigenvalue weighted by Gasteiger charge is 2.76. The lowest BCUT2D eigenvalue weighted by molar-refractivity contribution is -0.141. The van der Waals surface area contributed by atoms with E-state index < -0.39 is 11.9 Å². The quantitative estimate of drug-likeness (QED) is 0.594. The average Bonchev–Trinajstić information content (AvgIpc) is 3.14. The SMILES string of the molecule is Cc1ccc(-n2nccn2)c(C(=O)N2CC3CC34CC(Oc3ccc(C(F)(F)F)nn3)C24)n1. The fourth-order valence-corrected chi connectivity index (χ4v) is 5.29. The van der Waals surface area contributed by atoms with Crippen molar-refractivity contribution in [3.63, 3.8) is 0 Å². The van der Waals surface area contributed by atoms with E-state index in [0.717, 1.165) is 25.0 Å². The number of ether oxygens (including phenoxy) is 1. The number of likely N-dealkylation sites (tertiary alicyclic amines) is 1. The molecule has 170 valence electrons. The summed E-state index contributed by atoms with van der Waals surface area (Å²) in [4.78, 5) is 21.2. The van der Waals surface area contributed by atoms with E-state index in [-0.39, 0.29) is 35.0 Å². The first-order valence-corrected chi connectivity index (χ1v) is 10.5. The summed E-state index contributed by atoms with van der Waals surface area (Å²) in [5.41, 5.74) is 0.353. The monoisotopic (exact) mass is 457 g/mol. The zero-order valence-electron chi connectivity index (χ0n) is 17.4. The van der Waals surface area contributed by atoms with Crippen LogP contribution in [0.15, 0.2) is 36.7 Å². The van der Waals surface area contributed by atoms with Crippen LogP contribution >= 0.6 is 0 Å². The Kier molecular flexibility index (Phi) is 4.08. The molecule has 4 heterocycles. The lowest BCUT2D eigenvalue weighted by Crippen LogP contribution is -2.59. The van der Waals surface area contributed by atoms with Crippen LogP contribution in [0, 0.1) is 18.3 Å². The molecule has 12 heteroatoms. The van der Waals surface area contributed by atoms with Crippen molar-refractivity contribution in [3.05, 3.63) is 53.7 Å². The number of amides is 1. The van der Waals surface area contributed by atoms with Crippen molar-refractivity contribution in [1.82, 2.24) is 35.1 Å². The predicted molar refractivity (Wildman–Crippen MR) is 105 cm³/mol. The van der Waals surface area contributed by atoms with Crippen LogP contribution in [-0.4, -0.2) is 59.7 Å². The molecule has 0 aromatic carbocycles. The molecule has 6 rings (SSSR count). The summed E-state index contributed by atoms with van der Waals surface area (Å²) >= 11 is 0. The first kappa shape index (κ1) is 20.1. The molecule has 9 nitrogen and oxygen atoms in total. The maximum atomic E-state index is 13.6. The van der Waals surface area contributed by atoms with E-state index in [1.54, 1.807) is 24.0 Å². The minimum atomic E-state index is -4.57. The second kappa shape index (κ2) is 6.72. The summed E-state index contributed by atoms with van der Waals surface area (Å²) in [6.45, 7) is 2.39. The third-order valence-corrected chi connectivity index (χ3v) is 6.87. The molecule has 2 saturated carbocycles.